The van der Waals surface area contributed by atoms with E-state index < -0.39 is 24.1 Å². The molecule has 0 aromatic heterocycles. The number of halogens is 1. The third-order valence-electron chi connectivity index (χ3n) is 8.24. The molecule has 3 aromatic carbocycles. The number of likely N-dealkylation sites (N-methyl/N-ethyl adjacent to an activating group) is 1. The maximum Gasteiger partial charge on any atom is 0.269 e. The highest BCUT2D eigenvalue weighted by molar-refractivity contribution is 7.71. The van der Waals surface area contributed by atoms with Gasteiger partial charge < -0.3 is 20.0 Å². The average molecular weight is 582 g/mol. The van der Waals surface area contributed by atoms with E-state index in [1.807, 2.05) is 23.9 Å². The number of anilines is 3. The van der Waals surface area contributed by atoms with Gasteiger partial charge in [0.15, 0.2) is 0 Å². The van der Waals surface area contributed by atoms with Crippen molar-refractivity contribution < 1.29 is 23.4 Å². The van der Waals surface area contributed by atoms with Gasteiger partial charge in [0.25, 0.3) is 19.0 Å². The monoisotopic (exact) mass is 581 g/mol. The summed E-state index contributed by atoms with van der Waals surface area (Å²) >= 11 is 0. The number of rotatable bonds is 7. The SMILES string of the molecule is C[C@H]1N(C)c2cc(NC(=O)c3ccc(F)cc3)c([P@](=O)(Nc3ccc([N+](=O)[O-])cc3)N3CCOCC3)cc2C1(C)C. The number of amides is 1. The van der Waals surface area contributed by atoms with E-state index in [1.165, 1.54) is 48.5 Å². The van der Waals surface area contributed by atoms with Gasteiger partial charge in [-0.25, -0.2) is 9.06 Å². The molecule has 12 heteroatoms. The number of nitro groups is 1. The Balaban J connectivity index is 1.67. The minimum atomic E-state index is -3.69. The Morgan fingerprint density at radius 3 is 2.34 bits per heavy atom. The molecule has 216 valence electrons. The third kappa shape index (κ3) is 5.32. The van der Waals surface area contributed by atoms with E-state index in [0.29, 0.717) is 43.0 Å². The number of nitro benzene ring substituents is 1. The average Bonchev–Trinajstić information content (AvgIpc) is 3.12. The lowest BCUT2D eigenvalue weighted by atomic mass is 9.81. The molecule has 1 amide bonds. The van der Waals surface area contributed by atoms with E-state index in [1.54, 1.807) is 0 Å². The van der Waals surface area contributed by atoms with Crippen LogP contribution < -0.4 is 20.6 Å². The highest BCUT2D eigenvalue weighted by Crippen LogP contribution is 2.54. The Morgan fingerprint density at radius 1 is 1.10 bits per heavy atom. The predicted octanol–water partition coefficient (Wildman–Crippen LogP) is 5.36. The molecule has 1 fully saturated rings. The third-order valence-corrected chi connectivity index (χ3v) is 11.0. The fourth-order valence-corrected chi connectivity index (χ4v) is 7.94. The molecule has 10 nitrogen and oxygen atoms in total. The molecule has 0 spiro atoms. The van der Waals surface area contributed by atoms with E-state index in [4.69, 9.17) is 4.74 Å². The van der Waals surface area contributed by atoms with Crippen LogP contribution in [0.25, 0.3) is 0 Å². The normalized spacial score (nSPS) is 19.7. The fraction of sp³-hybridized carbons (Fsp3) is 0.345. The summed E-state index contributed by atoms with van der Waals surface area (Å²) in [4.78, 5) is 26.2. The predicted molar refractivity (Wildman–Crippen MR) is 158 cm³/mol. The van der Waals surface area contributed by atoms with Crippen LogP contribution in [0.3, 0.4) is 0 Å². The highest BCUT2D eigenvalue weighted by Gasteiger charge is 2.44. The maximum absolute atomic E-state index is 15.3. The number of ether oxygens (including phenoxy) is 1. The number of benzene rings is 3. The number of non-ortho nitro benzene ring substituents is 1. The van der Waals surface area contributed by atoms with Crippen LogP contribution in [0.1, 0.15) is 36.7 Å². The number of hydrogen-bond acceptors (Lipinski definition) is 6. The molecule has 2 heterocycles. The van der Waals surface area contributed by atoms with Gasteiger partial charge in [0, 0.05) is 60.7 Å². The van der Waals surface area contributed by atoms with Crippen LogP contribution in [0.2, 0.25) is 0 Å². The van der Waals surface area contributed by atoms with Gasteiger partial charge in [0.05, 0.1) is 29.1 Å². The molecule has 3 aromatic rings. The maximum atomic E-state index is 15.3. The minimum Gasteiger partial charge on any atom is -0.379 e. The molecule has 0 radical (unpaired) electrons. The lowest BCUT2D eigenvalue weighted by Gasteiger charge is -2.36. The molecule has 41 heavy (non-hydrogen) atoms. The van der Waals surface area contributed by atoms with Gasteiger partial charge in [0.2, 0.25) is 0 Å². The molecular formula is C29H33FN5O5P. The summed E-state index contributed by atoms with van der Waals surface area (Å²) in [5.74, 6) is -0.926. The first-order valence-electron chi connectivity index (χ1n) is 13.4. The van der Waals surface area contributed by atoms with Gasteiger partial charge in [-0.3, -0.25) is 19.5 Å². The summed E-state index contributed by atoms with van der Waals surface area (Å²) in [7, 11) is -1.70. The molecule has 2 aliphatic heterocycles. The number of carbonyl (C=O) groups excluding carboxylic acids is 1. The standard InChI is InChI=1S/C29H33FN5O5P/c1-19-29(2,3)24-17-27(25(18-26(24)33(19)4)31-28(36)20-5-7-21(30)8-6-20)41(39,34-13-15-40-16-14-34)32-22-9-11-23(12-10-22)35(37)38/h5-12,17-19H,13-16H2,1-4H3,(H,31,36)(H,32,39)/t19-,41+/m1/s1. The molecule has 0 saturated carbocycles. The Kier molecular flexibility index (Phi) is 7.63. The fourth-order valence-electron chi connectivity index (χ4n) is 5.40. The second-order valence-electron chi connectivity index (χ2n) is 10.9. The number of nitrogens with zero attached hydrogens (tertiary/aromatic N) is 3. The van der Waals surface area contributed by atoms with Crippen molar-refractivity contribution in [1.29, 1.82) is 0 Å². The van der Waals surface area contributed by atoms with Gasteiger partial charge in [0.1, 0.15) is 5.82 Å². The van der Waals surface area contributed by atoms with E-state index in [2.05, 4.69) is 36.1 Å². The molecule has 5 rings (SSSR count). The van der Waals surface area contributed by atoms with Crippen molar-refractivity contribution in [3.05, 3.63) is 87.7 Å². The topological polar surface area (TPSA) is 117 Å². The Labute approximate surface area is 238 Å². The smallest absolute Gasteiger partial charge is 0.269 e. The van der Waals surface area contributed by atoms with Crippen LogP contribution in [0.5, 0.6) is 0 Å². The zero-order valence-electron chi connectivity index (χ0n) is 23.4. The first-order valence-corrected chi connectivity index (χ1v) is 15.0. The quantitative estimate of drug-likeness (QED) is 0.218. The first kappa shape index (κ1) is 28.7. The Hall–Kier alpha value is -3.79. The Morgan fingerprint density at radius 2 is 1.73 bits per heavy atom. The molecular weight excluding hydrogens is 548 g/mol. The van der Waals surface area contributed by atoms with E-state index >= 15 is 4.57 Å². The number of nitrogens with one attached hydrogen (secondary N) is 2. The van der Waals surface area contributed by atoms with Crippen molar-refractivity contribution in [3.8, 4) is 0 Å². The first-order chi connectivity index (χ1) is 19.4. The lowest BCUT2D eigenvalue weighted by molar-refractivity contribution is -0.384. The van der Waals surface area contributed by atoms with E-state index in [9.17, 15) is 19.3 Å². The molecule has 0 bridgehead atoms. The van der Waals surface area contributed by atoms with E-state index in [-0.39, 0.29) is 22.7 Å². The summed E-state index contributed by atoms with van der Waals surface area (Å²) in [6.07, 6.45) is 0. The van der Waals surface area contributed by atoms with Crippen LogP contribution in [0.15, 0.2) is 60.7 Å². The molecule has 2 N–H and O–H groups in total. The number of carbonyl (C=O) groups is 1. The summed E-state index contributed by atoms with van der Waals surface area (Å²) in [6, 6.07) is 14.8. The van der Waals surface area contributed by atoms with Gasteiger partial charge in [-0.1, -0.05) is 13.8 Å². The van der Waals surface area contributed by atoms with Crippen molar-refractivity contribution in [2.75, 3.05) is 48.7 Å². The van der Waals surface area contributed by atoms with Crippen molar-refractivity contribution in [3.63, 3.8) is 0 Å². The largest absolute Gasteiger partial charge is 0.379 e. The molecule has 2 atom stereocenters. The number of fused-ring (bicyclic) bond motifs is 1. The molecule has 1 saturated heterocycles. The zero-order chi connectivity index (χ0) is 29.5. The minimum absolute atomic E-state index is 0.0830. The van der Waals surface area contributed by atoms with E-state index in [0.717, 1.165) is 11.3 Å². The van der Waals surface area contributed by atoms with Crippen molar-refractivity contribution in [1.82, 2.24) is 4.67 Å². The highest BCUT2D eigenvalue weighted by atomic mass is 31.2. The van der Waals surface area contributed by atoms with Crippen LogP contribution in [0.4, 0.5) is 27.1 Å². The Bertz CT molecular complexity index is 1520. The molecule has 0 unspecified atom stereocenters. The van der Waals surface area contributed by atoms with Crippen LogP contribution in [-0.4, -0.2) is 54.9 Å². The molecule has 0 aliphatic carbocycles. The van der Waals surface area contributed by atoms with Gasteiger partial charge in [-0.15, -0.1) is 0 Å². The zero-order valence-corrected chi connectivity index (χ0v) is 24.3. The number of hydrogen-bond donors (Lipinski definition) is 2. The van der Waals surface area contributed by atoms with Gasteiger partial charge >= 0.3 is 0 Å². The number of morpholine rings is 1. The summed E-state index contributed by atoms with van der Waals surface area (Å²) in [5, 5.41) is 17.8. The van der Waals surface area contributed by atoms with Crippen molar-refractivity contribution >= 4 is 41.4 Å². The summed E-state index contributed by atoms with van der Waals surface area (Å²) in [6.45, 7) is 7.87. The van der Waals surface area contributed by atoms with Crippen LogP contribution in [0, 0.1) is 15.9 Å². The van der Waals surface area contributed by atoms with Gasteiger partial charge in [-0.2, -0.15) is 0 Å². The lowest BCUT2D eigenvalue weighted by Crippen LogP contribution is -2.40. The second-order valence-corrected chi connectivity index (χ2v) is 13.3. The van der Waals surface area contributed by atoms with Crippen molar-refractivity contribution in [2.45, 2.75) is 32.2 Å². The van der Waals surface area contributed by atoms with Gasteiger partial charge in [-0.05, 0) is 61.0 Å². The van der Waals surface area contributed by atoms with Crippen molar-refractivity contribution in [2.24, 2.45) is 0 Å². The summed E-state index contributed by atoms with van der Waals surface area (Å²) in [5.41, 5.74) is 2.57. The second kappa shape index (κ2) is 10.9. The summed E-state index contributed by atoms with van der Waals surface area (Å²) < 4.78 is 36.2. The van der Waals surface area contributed by atoms with Crippen LogP contribution >= 0.6 is 7.44 Å². The molecule has 2 aliphatic rings. The van der Waals surface area contributed by atoms with Crippen LogP contribution in [-0.2, 0) is 14.7 Å².